The van der Waals surface area contributed by atoms with Crippen molar-refractivity contribution in [1.29, 1.82) is 0 Å². The van der Waals surface area contributed by atoms with E-state index in [-0.39, 0.29) is 5.75 Å². The smallest absolute Gasteiger partial charge is 0.299 e. The fourth-order valence-electron chi connectivity index (χ4n) is 1.47. The van der Waals surface area contributed by atoms with Crippen LogP contribution in [0.1, 0.15) is 6.92 Å². The molecular weight excluding hydrogens is 285 g/mol. The first-order valence-electron chi connectivity index (χ1n) is 5.69. The molecule has 0 aromatic carbocycles. The molecule has 0 N–H and O–H groups in total. The number of hydrogen-bond donors (Lipinski definition) is 0. The Hall–Kier alpha value is -1.96. The topological polar surface area (TPSA) is 72.3 Å². The highest BCUT2D eigenvalue weighted by atomic mass is 32.2. The van der Waals surface area contributed by atoms with Gasteiger partial charge in [-0.2, -0.15) is 4.98 Å². The SMILES string of the molecule is C=C(C=CC)CS(=O)(=O)N(C)c1nc(=O)n(C)cc1F. The first-order chi connectivity index (χ1) is 9.19. The minimum Gasteiger partial charge on any atom is -0.299 e. The van der Waals surface area contributed by atoms with Crippen LogP contribution in [0.3, 0.4) is 0 Å². The summed E-state index contributed by atoms with van der Waals surface area (Å²) in [7, 11) is -1.39. The number of aryl methyl sites for hydroxylation is 1. The molecule has 0 radical (unpaired) electrons. The van der Waals surface area contributed by atoms with Crippen molar-refractivity contribution in [2.24, 2.45) is 7.05 Å². The van der Waals surface area contributed by atoms with Gasteiger partial charge in [0.25, 0.3) is 0 Å². The van der Waals surface area contributed by atoms with E-state index in [0.717, 1.165) is 17.8 Å². The molecule has 0 bridgehead atoms. The number of halogens is 1. The molecule has 0 aliphatic rings. The summed E-state index contributed by atoms with van der Waals surface area (Å²) in [5.74, 6) is -1.80. The lowest BCUT2D eigenvalue weighted by Gasteiger charge is -2.18. The van der Waals surface area contributed by atoms with Gasteiger partial charge in [0.05, 0.1) is 5.75 Å². The van der Waals surface area contributed by atoms with Crippen LogP contribution in [0, 0.1) is 5.82 Å². The van der Waals surface area contributed by atoms with Crippen molar-refractivity contribution in [2.75, 3.05) is 17.1 Å². The van der Waals surface area contributed by atoms with Crippen LogP contribution in [-0.4, -0.2) is 30.8 Å². The average molecular weight is 301 g/mol. The minimum absolute atomic E-state index is 0.351. The van der Waals surface area contributed by atoms with E-state index in [1.165, 1.54) is 7.05 Å². The normalized spacial score (nSPS) is 11.8. The summed E-state index contributed by atoms with van der Waals surface area (Å²) in [5.41, 5.74) is -0.390. The molecule has 0 saturated heterocycles. The van der Waals surface area contributed by atoms with Gasteiger partial charge in [0.1, 0.15) is 0 Å². The number of allylic oxidation sites excluding steroid dienone is 2. The fraction of sp³-hybridized carbons (Fsp3) is 0.333. The van der Waals surface area contributed by atoms with Crippen LogP contribution in [0.15, 0.2) is 35.3 Å². The highest BCUT2D eigenvalue weighted by Gasteiger charge is 2.23. The summed E-state index contributed by atoms with van der Waals surface area (Å²) in [5, 5.41) is 0. The van der Waals surface area contributed by atoms with E-state index in [9.17, 15) is 17.6 Å². The highest BCUT2D eigenvalue weighted by molar-refractivity contribution is 7.92. The van der Waals surface area contributed by atoms with Crippen molar-refractivity contribution in [1.82, 2.24) is 9.55 Å². The molecule has 6 nitrogen and oxygen atoms in total. The summed E-state index contributed by atoms with van der Waals surface area (Å²) >= 11 is 0. The molecule has 110 valence electrons. The van der Waals surface area contributed by atoms with Crippen LogP contribution >= 0.6 is 0 Å². The second kappa shape index (κ2) is 6.00. The van der Waals surface area contributed by atoms with Gasteiger partial charge >= 0.3 is 5.69 Å². The molecule has 0 atom stereocenters. The third-order valence-corrected chi connectivity index (χ3v) is 4.25. The Labute approximate surface area is 116 Å². The molecule has 0 fully saturated rings. The van der Waals surface area contributed by atoms with Gasteiger partial charge in [0.2, 0.25) is 10.0 Å². The van der Waals surface area contributed by atoms with Crippen molar-refractivity contribution in [3.8, 4) is 0 Å². The third kappa shape index (κ3) is 3.53. The molecule has 0 aliphatic carbocycles. The first-order valence-corrected chi connectivity index (χ1v) is 7.30. The maximum Gasteiger partial charge on any atom is 0.349 e. The molecule has 1 aromatic heterocycles. The van der Waals surface area contributed by atoms with E-state index in [1.54, 1.807) is 19.1 Å². The van der Waals surface area contributed by atoms with Gasteiger partial charge in [-0.1, -0.05) is 18.7 Å². The maximum atomic E-state index is 13.7. The van der Waals surface area contributed by atoms with Crippen LogP contribution in [0.4, 0.5) is 10.2 Å². The van der Waals surface area contributed by atoms with E-state index in [2.05, 4.69) is 11.6 Å². The van der Waals surface area contributed by atoms with Gasteiger partial charge in [-0.3, -0.25) is 8.87 Å². The Morgan fingerprint density at radius 2 is 2.20 bits per heavy atom. The lowest BCUT2D eigenvalue weighted by atomic mass is 10.3. The zero-order valence-corrected chi connectivity index (χ0v) is 12.3. The maximum absolute atomic E-state index is 13.7. The molecule has 0 saturated carbocycles. The molecule has 20 heavy (non-hydrogen) atoms. The van der Waals surface area contributed by atoms with E-state index in [0.29, 0.717) is 9.88 Å². The average Bonchev–Trinajstić information content (AvgIpc) is 2.32. The van der Waals surface area contributed by atoms with Crippen molar-refractivity contribution in [3.63, 3.8) is 0 Å². The largest absolute Gasteiger partial charge is 0.349 e. The van der Waals surface area contributed by atoms with E-state index in [1.807, 2.05) is 0 Å². The number of nitrogens with zero attached hydrogens (tertiary/aromatic N) is 3. The van der Waals surface area contributed by atoms with Gasteiger partial charge in [0, 0.05) is 20.3 Å². The van der Waals surface area contributed by atoms with Gasteiger partial charge in [-0.15, -0.1) is 0 Å². The zero-order chi connectivity index (χ0) is 15.5. The zero-order valence-electron chi connectivity index (χ0n) is 11.5. The predicted octanol–water partition coefficient (Wildman–Crippen LogP) is 0.818. The molecule has 1 heterocycles. The summed E-state index contributed by atoms with van der Waals surface area (Å²) in [6, 6.07) is 0. The van der Waals surface area contributed by atoms with Gasteiger partial charge in [-0.25, -0.2) is 17.6 Å². The Bertz CT molecular complexity index is 707. The Kier molecular flexibility index (Phi) is 4.83. The minimum atomic E-state index is -3.85. The molecule has 0 amide bonds. The van der Waals surface area contributed by atoms with Crippen LogP contribution in [-0.2, 0) is 17.1 Å². The summed E-state index contributed by atoms with van der Waals surface area (Å²) in [4.78, 5) is 14.8. The number of sulfonamides is 1. The Balaban J connectivity index is 3.17. The molecule has 1 rings (SSSR count). The van der Waals surface area contributed by atoms with Crippen LogP contribution in [0.5, 0.6) is 0 Å². The summed E-state index contributed by atoms with van der Waals surface area (Å²) in [6.45, 7) is 5.31. The van der Waals surface area contributed by atoms with E-state index < -0.39 is 27.3 Å². The quantitative estimate of drug-likeness (QED) is 0.755. The molecule has 8 heteroatoms. The van der Waals surface area contributed by atoms with Gasteiger partial charge in [-0.05, 0) is 12.5 Å². The predicted molar refractivity (Wildman–Crippen MR) is 75.6 cm³/mol. The molecule has 0 unspecified atom stereocenters. The Morgan fingerprint density at radius 3 is 2.75 bits per heavy atom. The molecule has 0 aliphatic heterocycles. The standard InChI is InChI=1S/C12H16FN3O3S/c1-5-6-9(2)8-20(18,19)16(4)11-10(13)7-15(3)12(17)14-11/h5-7H,2,8H2,1,3-4H3. The van der Waals surface area contributed by atoms with Crippen molar-refractivity contribution < 1.29 is 12.8 Å². The number of rotatable bonds is 5. The van der Waals surface area contributed by atoms with Crippen LogP contribution < -0.4 is 9.99 Å². The lowest BCUT2D eigenvalue weighted by Crippen LogP contribution is -2.34. The second-order valence-electron chi connectivity index (χ2n) is 4.19. The summed E-state index contributed by atoms with van der Waals surface area (Å²) in [6.07, 6.45) is 4.08. The lowest BCUT2D eigenvalue weighted by molar-refractivity contribution is 0.579. The molecule has 1 aromatic rings. The highest BCUT2D eigenvalue weighted by Crippen LogP contribution is 2.17. The van der Waals surface area contributed by atoms with Crippen molar-refractivity contribution in [3.05, 3.63) is 46.8 Å². The van der Waals surface area contributed by atoms with Crippen LogP contribution in [0.25, 0.3) is 0 Å². The summed E-state index contributed by atoms with van der Waals surface area (Å²) < 4.78 is 39.5. The number of anilines is 1. The third-order valence-electron chi connectivity index (χ3n) is 2.51. The fourth-order valence-corrected chi connectivity index (χ4v) is 2.62. The molecule has 0 spiro atoms. The first kappa shape index (κ1) is 16.1. The van der Waals surface area contributed by atoms with E-state index in [4.69, 9.17) is 0 Å². The van der Waals surface area contributed by atoms with Crippen LogP contribution in [0.2, 0.25) is 0 Å². The molecular formula is C12H16FN3O3S. The van der Waals surface area contributed by atoms with E-state index >= 15 is 0 Å². The van der Waals surface area contributed by atoms with Crippen molar-refractivity contribution in [2.45, 2.75) is 6.92 Å². The number of hydrogen-bond acceptors (Lipinski definition) is 4. The van der Waals surface area contributed by atoms with Gasteiger partial charge < -0.3 is 0 Å². The monoisotopic (exact) mass is 301 g/mol. The Morgan fingerprint density at radius 1 is 1.60 bits per heavy atom. The second-order valence-corrected chi connectivity index (χ2v) is 6.19. The van der Waals surface area contributed by atoms with Gasteiger partial charge in [0.15, 0.2) is 11.6 Å². The number of aromatic nitrogens is 2. The van der Waals surface area contributed by atoms with Crippen molar-refractivity contribution >= 4 is 15.8 Å².